The summed E-state index contributed by atoms with van der Waals surface area (Å²) in [5.41, 5.74) is 0. The second-order valence-electron chi connectivity index (χ2n) is 2.09. The van der Waals surface area contributed by atoms with E-state index in [1.165, 1.54) is 12.8 Å². The van der Waals surface area contributed by atoms with Crippen LogP contribution in [0.3, 0.4) is 0 Å². The van der Waals surface area contributed by atoms with Crippen LogP contribution in [0.25, 0.3) is 0 Å². The molecule has 4 heteroatoms. The van der Waals surface area contributed by atoms with Crippen molar-refractivity contribution in [2.45, 2.75) is 32.6 Å². The van der Waals surface area contributed by atoms with Crippen LogP contribution in [0.15, 0.2) is 0 Å². The molecule has 0 aromatic rings. The van der Waals surface area contributed by atoms with Crippen molar-refractivity contribution < 1.29 is 8.76 Å². The minimum absolute atomic E-state index is 0. The molecule has 2 nitrogen and oxygen atoms in total. The normalized spacial score (nSPS) is 12.2. The van der Waals surface area contributed by atoms with E-state index in [-0.39, 0.29) is 29.6 Å². The summed E-state index contributed by atoms with van der Waals surface area (Å²) in [6.45, 7) is 2.12. The first-order chi connectivity index (χ1) is 4.27. The molecule has 0 rings (SSSR count). The Bertz CT molecular complexity index is 87.8. The molecule has 0 heterocycles. The maximum atomic E-state index is 10.1. The van der Waals surface area contributed by atoms with Gasteiger partial charge in [0.1, 0.15) is 0 Å². The number of unbranched alkanes of at least 4 members (excludes halogenated alkanes) is 3. The molecule has 0 spiro atoms. The summed E-state index contributed by atoms with van der Waals surface area (Å²) < 4.78 is 18.4. The van der Waals surface area contributed by atoms with Crippen molar-refractivity contribution in [3.8, 4) is 0 Å². The Morgan fingerprint density at radius 2 is 1.90 bits per heavy atom. The van der Waals surface area contributed by atoms with Crippen LogP contribution in [0, 0.1) is 0 Å². The summed E-state index contributed by atoms with van der Waals surface area (Å²) in [6.07, 6.45) is 4.33. The van der Waals surface area contributed by atoms with Gasteiger partial charge in [-0.05, 0) is 6.42 Å². The van der Waals surface area contributed by atoms with Gasteiger partial charge in [0.05, 0.1) is 0 Å². The molecule has 1 unspecified atom stereocenters. The van der Waals surface area contributed by atoms with Gasteiger partial charge in [-0.15, -0.1) is 0 Å². The van der Waals surface area contributed by atoms with E-state index in [1.54, 1.807) is 0 Å². The maximum absolute atomic E-state index is 10.1. The fraction of sp³-hybridized carbons (Fsp3) is 1.00. The first kappa shape index (κ1) is 13.7. The van der Waals surface area contributed by atoms with Crippen LogP contribution in [0.1, 0.15) is 32.6 Å². The first-order valence-corrected chi connectivity index (χ1v) is 4.62. The molecule has 0 aliphatic rings. The van der Waals surface area contributed by atoms with Crippen molar-refractivity contribution in [1.82, 2.24) is 0 Å². The second kappa shape index (κ2) is 10.1. The van der Waals surface area contributed by atoms with E-state index in [0.29, 0.717) is 5.75 Å². The molecule has 0 aliphatic heterocycles. The third-order valence-electron chi connectivity index (χ3n) is 1.17. The van der Waals surface area contributed by atoms with E-state index in [0.717, 1.165) is 12.8 Å². The van der Waals surface area contributed by atoms with Gasteiger partial charge >= 0.3 is 29.6 Å². The molecule has 0 aromatic heterocycles. The fourth-order valence-corrected chi connectivity index (χ4v) is 1.10. The van der Waals surface area contributed by atoms with Gasteiger partial charge < -0.3 is 4.55 Å². The zero-order valence-electron chi connectivity index (χ0n) is 5.80. The van der Waals surface area contributed by atoms with Crippen LogP contribution in [0.4, 0.5) is 0 Å². The molecular weight excluding hydrogens is 159 g/mol. The third-order valence-corrected chi connectivity index (χ3v) is 1.81. The van der Waals surface area contributed by atoms with Crippen molar-refractivity contribution >= 4 is 40.6 Å². The van der Waals surface area contributed by atoms with E-state index in [1.807, 2.05) is 0 Å². The van der Waals surface area contributed by atoms with Crippen LogP contribution in [0.5, 0.6) is 0 Å². The summed E-state index contributed by atoms with van der Waals surface area (Å²) in [5, 5.41) is 0. The number of hydrogen-bond acceptors (Lipinski definition) is 1. The van der Waals surface area contributed by atoms with Gasteiger partial charge in [-0.2, -0.15) is 0 Å². The van der Waals surface area contributed by atoms with Crippen molar-refractivity contribution in [1.29, 1.82) is 0 Å². The molecule has 1 atom stereocenters. The van der Waals surface area contributed by atoms with Gasteiger partial charge in [-0.25, -0.2) is 4.21 Å². The van der Waals surface area contributed by atoms with Gasteiger partial charge in [-0.3, -0.25) is 0 Å². The molecule has 0 fully saturated rings. The van der Waals surface area contributed by atoms with E-state index >= 15 is 0 Å². The molecule has 0 radical (unpaired) electrons. The van der Waals surface area contributed by atoms with Crippen LogP contribution >= 0.6 is 0 Å². The summed E-state index contributed by atoms with van der Waals surface area (Å²) in [4.78, 5) is 0. The average Bonchev–Trinajstić information content (AvgIpc) is 1.80. The fourth-order valence-electron chi connectivity index (χ4n) is 0.652. The molecule has 0 saturated heterocycles. The van der Waals surface area contributed by atoms with Crippen LogP contribution in [0.2, 0.25) is 0 Å². The Morgan fingerprint density at radius 1 is 1.30 bits per heavy atom. The summed E-state index contributed by atoms with van der Waals surface area (Å²) >= 11 is -1.57. The summed E-state index contributed by atoms with van der Waals surface area (Å²) in [7, 11) is 0. The van der Waals surface area contributed by atoms with Crippen molar-refractivity contribution in [3.63, 3.8) is 0 Å². The van der Waals surface area contributed by atoms with Crippen molar-refractivity contribution in [2.24, 2.45) is 0 Å². The second-order valence-corrected chi connectivity index (χ2v) is 3.14. The van der Waals surface area contributed by atoms with E-state index in [2.05, 4.69) is 6.92 Å². The summed E-state index contributed by atoms with van der Waals surface area (Å²) in [6, 6.07) is 0. The van der Waals surface area contributed by atoms with Gasteiger partial charge in [-0.1, -0.05) is 26.2 Å². The van der Waals surface area contributed by atoms with Gasteiger partial charge in [0.25, 0.3) is 0 Å². The molecule has 0 saturated carbocycles. The summed E-state index contributed by atoms with van der Waals surface area (Å²) in [5.74, 6) is 0.444. The zero-order valence-corrected chi connectivity index (χ0v) is 6.62. The predicted molar refractivity (Wildman–Crippen MR) is 46.9 cm³/mol. The number of rotatable bonds is 5. The SMILES string of the molecule is CCCCCCS(=O)O.[NaH]. The average molecular weight is 174 g/mol. The molecule has 58 valence electrons. The molecule has 10 heavy (non-hydrogen) atoms. The zero-order chi connectivity index (χ0) is 7.11. The van der Waals surface area contributed by atoms with Crippen LogP contribution in [-0.4, -0.2) is 44.1 Å². The minimum atomic E-state index is -1.57. The number of hydrogen-bond donors (Lipinski definition) is 1. The molecule has 1 N–H and O–H groups in total. The van der Waals surface area contributed by atoms with Gasteiger partial charge in [0.2, 0.25) is 0 Å². The van der Waals surface area contributed by atoms with Crippen LogP contribution in [-0.2, 0) is 11.1 Å². The van der Waals surface area contributed by atoms with E-state index < -0.39 is 11.1 Å². The Balaban J connectivity index is 0. The Kier molecular flexibility index (Phi) is 13.8. The standard InChI is InChI=1S/C6H14O2S.Na.H/c1-2-3-4-5-6-9(7)8;;/h2-6H2,1H3,(H,7,8);;. The van der Waals surface area contributed by atoms with E-state index in [9.17, 15) is 4.21 Å². The topological polar surface area (TPSA) is 37.3 Å². The van der Waals surface area contributed by atoms with Crippen LogP contribution < -0.4 is 0 Å². The Labute approximate surface area is 87.4 Å². The molecular formula is C6H15NaO2S. The van der Waals surface area contributed by atoms with Gasteiger partial charge in [0, 0.05) is 5.75 Å². The Hall–Kier alpha value is 1.11. The predicted octanol–water partition coefficient (Wildman–Crippen LogP) is 1.14. The molecule has 0 amide bonds. The van der Waals surface area contributed by atoms with Gasteiger partial charge in [0.15, 0.2) is 11.1 Å². The molecule has 0 aromatic carbocycles. The third kappa shape index (κ3) is 11.9. The molecule has 0 bridgehead atoms. The first-order valence-electron chi connectivity index (χ1n) is 3.35. The quantitative estimate of drug-likeness (QED) is 0.385. The Morgan fingerprint density at radius 3 is 2.30 bits per heavy atom. The monoisotopic (exact) mass is 174 g/mol. The van der Waals surface area contributed by atoms with Crippen molar-refractivity contribution in [3.05, 3.63) is 0 Å². The van der Waals surface area contributed by atoms with Crippen molar-refractivity contribution in [2.75, 3.05) is 5.75 Å². The molecule has 0 aliphatic carbocycles. The van der Waals surface area contributed by atoms with E-state index in [4.69, 9.17) is 4.55 Å².